The lowest BCUT2D eigenvalue weighted by Crippen LogP contribution is -2.12. The van der Waals surface area contributed by atoms with Gasteiger partial charge in [0.05, 0.1) is 0 Å². The SMILES string of the molecule is CCc1ccc(Nc2nc(Nc3ccc(C4CCCCC4)cc3)ncc2C(F)(F)F)cc1. The Labute approximate surface area is 186 Å². The van der Waals surface area contributed by atoms with Gasteiger partial charge in [0.2, 0.25) is 5.95 Å². The average Bonchev–Trinajstić information content (AvgIpc) is 2.80. The Balaban J connectivity index is 1.54. The topological polar surface area (TPSA) is 49.8 Å². The molecule has 1 aromatic heterocycles. The number of nitrogens with zero attached hydrogens (tertiary/aromatic N) is 2. The lowest BCUT2D eigenvalue weighted by atomic mass is 9.84. The highest BCUT2D eigenvalue weighted by molar-refractivity contribution is 5.63. The molecule has 1 aliphatic carbocycles. The van der Waals surface area contributed by atoms with Crippen LogP contribution in [0.15, 0.2) is 54.7 Å². The van der Waals surface area contributed by atoms with Gasteiger partial charge in [-0.05, 0) is 60.6 Å². The molecule has 2 N–H and O–H groups in total. The summed E-state index contributed by atoms with van der Waals surface area (Å²) in [4.78, 5) is 8.03. The van der Waals surface area contributed by atoms with Gasteiger partial charge in [-0.15, -0.1) is 0 Å². The first-order chi connectivity index (χ1) is 15.4. The second kappa shape index (κ2) is 9.59. The molecule has 0 radical (unpaired) electrons. The number of alkyl halides is 3. The van der Waals surface area contributed by atoms with Crippen molar-refractivity contribution in [3.8, 4) is 0 Å². The molecule has 7 heteroatoms. The summed E-state index contributed by atoms with van der Waals surface area (Å²) in [6.07, 6.45) is 3.37. The van der Waals surface area contributed by atoms with E-state index in [2.05, 4.69) is 32.7 Å². The van der Waals surface area contributed by atoms with Gasteiger partial charge in [-0.1, -0.05) is 50.5 Å². The summed E-state index contributed by atoms with van der Waals surface area (Å²) in [5.74, 6) is 0.421. The molecular weight excluding hydrogens is 413 g/mol. The van der Waals surface area contributed by atoms with Gasteiger partial charge >= 0.3 is 6.18 Å². The van der Waals surface area contributed by atoms with Crippen LogP contribution in [0, 0.1) is 0 Å². The Kier molecular flexibility index (Phi) is 6.63. The fourth-order valence-electron chi connectivity index (χ4n) is 4.11. The predicted molar refractivity (Wildman–Crippen MR) is 122 cm³/mol. The van der Waals surface area contributed by atoms with E-state index in [1.165, 1.54) is 37.7 Å². The van der Waals surface area contributed by atoms with Crippen molar-refractivity contribution in [1.29, 1.82) is 0 Å². The highest BCUT2D eigenvalue weighted by atomic mass is 19.4. The lowest BCUT2D eigenvalue weighted by molar-refractivity contribution is -0.137. The van der Waals surface area contributed by atoms with Gasteiger partial charge in [0.15, 0.2) is 0 Å². The summed E-state index contributed by atoms with van der Waals surface area (Å²) in [5, 5.41) is 5.83. The van der Waals surface area contributed by atoms with E-state index in [1.807, 2.05) is 31.2 Å². The van der Waals surface area contributed by atoms with Crippen LogP contribution in [0.25, 0.3) is 0 Å². The molecule has 3 aromatic rings. The van der Waals surface area contributed by atoms with E-state index in [0.717, 1.165) is 23.9 Å². The van der Waals surface area contributed by atoms with E-state index in [-0.39, 0.29) is 11.8 Å². The van der Waals surface area contributed by atoms with Gasteiger partial charge in [-0.25, -0.2) is 4.98 Å². The van der Waals surface area contributed by atoms with Crippen molar-refractivity contribution in [2.45, 2.75) is 57.5 Å². The molecular formula is C25H27F3N4. The van der Waals surface area contributed by atoms with Crippen molar-refractivity contribution in [1.82, 2.24) is 9.97 Å². The number of anilines is 4. The Hall–Kier alpha value is -3.09. The third-order valence-corrected chi connectivity index (χ3v) is 5.96. The quantitative estimate of drug-likeness (QED) is 0.414. The lowest BCUT2D eigenvalue weighted by Gasteiger charge is -2.22. The van der Waals surface area contributed by atoms with Crippen molar-refractivity contribution in [3.05, 3.63) is 71.4 Å². The molecule has 4 nitrogen and oxygen atoms in total. The first kappa shape index (κ1) is 22.1. The summed E-state index contributed by atoms with van der Waals surface area (Å²) in [6, 6.07) is 15.3. The second-order valence-electron chi connectivity index (χ2n) is 8.21. The predicted octanol–water partition coefficient (Wildman–Crippen LogP) is 7.59. The summed E-state index contributed by atoms with van der Waals surface area (Å²) < 4.78 is 40.5. The Morgan fingerprint density at radius 2 is 1.50 bits per heavy atom. The second-order valence-corrected chi connectivity index (χ2v) is 8.21. The maximum Gasteiger partial charge on any atom is 0.421 e. The van der Waals surface area contributed by atoms with E-state index in [1.54, 1.807) is 12.1 Å². The van der Waals surface area contributed by atoms with E-state index < -0.39 is 11.7 Å². The maximum atomic E-state index is 13.5. The Bertz CT molecular complexity index is 1020. The van der Waals surface area contributed by atoms with Crippen molar-refractivity contribution in [2.24, 2.45) is 0 Å². The van der Waals surface area contributed by atoms with Crippen molar-refractivity contribution < 1.29 is 13.2 Å². The molecule has 1 saturated carbocycles. The monoisotopic (exact) mass is 440 g/mol. The number of hydrogen-bond donors (Lipinski definition) is 2. The number of benzene rings is 2. The molecule has 0 aliphatic heterocycles. The molecule has 1 fully saturated rings. The molecule has 1 aliphatic rings. The van der Waals surface area contributed by atoms with Crippen LogP contribution >= 0.6 is 0 Å². The third kappa shape index (κ3) is 5.39. The molecule has 0 spiro atoms. The Morgan fingerprint density at radius 3 is 2.12 bits per heavy atom. The normalized spacial score (nSPS) is 14.9. The summed E-state index contributed by atoms with van der Waals surface area (Å²) in [5.41, 5.74) is 2.78. The van der Waals surface area contributed by atoms with Crippen molar-refractivity contribution >= 4 is 23.1 Å². The van der Waals surface area contributed by atoms with Crippen molar-refractivity contribution in [3.63, 3.8) is 0 Å². The van der Waals surface area contributed by atoms with E-state index in [9.17, 15) is 13.2 Å². The summed E-state index contributed by atoms with van der Waals surface area (Å²) in [7, 11) is 0. The fourth-order valence-corrected chi connectivity index (χ4v) is 4.11. The van der Waals surface area contributed by atoms with Gasteiger partial charge in [-0.3, -0.25) is 0 Å². The summed E-state index contributed by atoms with van der Waals surface area (Å²) >= 11 is 0. The Morgan fingerprint density at radius 1 is 0.875 bits per heavy atom. The molecule has 0 bridgehead atoms. The first-order valence-corrected chi connectivity index (χ1v) is 11.1. The number of rotatable bonds is 6. The molecule has 32 heavy (non-hydrogen) atoms. The zero-order valence-electron chi connectivity index (χ0n) is 18.0. The smallest absolute Gasteiger partial charge is 0.340 e. The fraction of sp³-hybridized carbons (Fsp3) is 0.360. The van der Waals surface area contributed by atoms with E-state index in [4.69, 9.17) is 0 Å². The van der Waals surface area contributed by atoms with Gasteiger partial charge in [-0.2, -0.15) is 18.2 Å². The molecule has 4 rings (SSSR count). The van der Waals surface area contributed by atoms with Crippen LogP contribution in [-0.4, -0.2) is 9.97 Å². The van der Waals surface area contributed by atoms with Gasteiger partial charge in [0, 0.05) is 17.6 Å². The minimum atomic E-state index is -4.56. The molecule has 1 heterocycles. The van der Waals surface area contributed by atoms with E-state index in [0.29, 0.717) is 11.6 Å². The van der Waals surface area contributed by atoms with Gasteiger partial charge in [0.25, 0.3) is 0 Å². The summed E-state index contributed by atoms with van der Waals surface area (Å²) in [6.45, 7) is 2.02. The number of aryl methyl sites for hydroxylation is 1. The largest absolute Gasteiger partial charge is 0.421 e. The zero-order valence-corrected chi connectivity index (χ0v) is 18.0. The van der Waals surface area contributed by atoms with Crippen LogP contribution in [0.3, 0.4) is 0 Å². The van der Waals surface area contributed by atoms with Crippen LogP contribution in [0.1, 0.15) is 61.6 Å². The minimum absolute atomic E-state index is 0.107. The zero-order chi connectivity index (χ0) is 22.6. The van der Waals surface area contributed by atoms with Crippen LogP contribution < -0.4 is 10.6 Å². The number of aromatic nitrogens is 2. The van der Waals surface area contributed by atoms with Crippen molar-refractivity contribution in [2.75, 3.05) is 10.6 Å². The number of nitrogens with one attached hydrogen (secondary N) is 2. The third-order valence-electron chi connectivity index (χ3n) is 5.96. The number of hydrogen-bond acceptors (Lipinski definition) is 4. The van der Waals surface area contributed by atoms with Gasteiger partial charge in [0.1, 0.15) is 11.4 Å². The van der Waals surface area contributed by atoms with Crippen LogP contribution in [0.2, 0.25) is 0 Å². The van der Waals surface area contributed by atoms with E-state index >= 15 is 0 Å². The minimum Gasteiger partial charge on any atom is -0.340 e. The molecule has 0 atom stereocenters. The maximum absolute atomic E-state index is 13.5. The van der Waals surface area contributed by atoms with Crippen LogP contribution in [0.5, 0.6) is 0 Å². The first-order valence-electron chi connectivity index (χ1n) is 11.1. The molecule has 168 valence electrons. The molecule has 0 unspecified atom stereocenters. The molecule has 2 aromatic carbocycles. The standard InChI is InChI=1S/C25H27F3N4/c1-2-17-8-12-20(13-9-17)30-23-22(25(26,27)28)16-29-24(32-23)31-21-14-10-19(11-15-21)18-6-4-3-5-7-18/h8-16,18H,2-7H2,1H3,(H2,29,30,31,32). The molecule has 0 amide bonds. The highest BCUT2D eigenvalue weighted by Gasteiger charge is 2.35. The molecule has 0 saturated heterocycles. The van der Waals surface area contributed by atoms with Gasteiger partial charge < -0.3 is 10.6 Å². The van der Waals surface area contributed by atoms with Crippen LogP contribution in [-0.2, 0) is 12.6 Å². The highest BCUT2D eigenvalue weighted by Crippen LogP contribution is 2.36. The van der Waals surface area contributed by atoms with Crippen LogP contribution in [0.4, 0.5) is 36.3 Å². The average molecular weight is 441 g/mol. The number of halogens is 3.